The van der Waals surface area contributed by atoms with E-state index in [1.165, 1.54) is 38.4 Å². The van der Waals surface area contributed by atoms with Crippen LogP contribution in [0.4, 0.5) is 0 Å². The molecule has 0 amide bonds. The summed E-state index contributed by atoms with van der Waals surface area (Å²) >= 11 is 0. The maximum atomic E-state index is 10.7. The van der Waals surface area contributed by atoms with Gasteiger partial charge in [0.2, 0.25) is 0 Å². The zero-order chi connectivity index (χ0) is 42.9. The minimum atomic E-state index is -0.159. The molecule has 0 atom stereocenters. The summed E-state index contributed by atoms with van der Waals surface area (Å²) in [7, 11) is 0. The molecule has 0 spiro atoms. The molecule has 3 heteroatoms. The van der Waals surface area contributed by atoms with Crippen molar-refractivity contribution in [3.8, 4) is 78.8 Å². The SMILES string of the molecule is CC1(C)c2ccccc2-c2cc3c4ccccc4n(-c4cc(-c5cc(-c6ccccc6)nc(-c6ccccc6)c5)cc(-c5ccc(-c6ccc7ccccc7c6)c(C#N)c5)c4)c3cc21. The zero-order valence-corrected chi connectivity index (χ0v) is 35.5. The molecular weight excluding hydrogens is 775 g/mol. The molecule has 2 aromatic heterocycles. The molecule has 64 heavy (non-hydrogen) atoms. The standard InChI is InChI=1S/C61H41N3/c1-61(2)55-23-13-11-21-51(55)53-36-54-52-22-12-14-24-59(52)64(60(54)37-56(53)61)49-32-45(43-27-28-50(48(30-43)38-62)44-26-25-39-15-9-10-20-42(39)29-44)31-46(33-49)47-34-57(40-16-5-3-6-17-40)63-58(35-47)41-18-7-4-8-19-41/h3-37H,1-2H3. The van der Waals surface area contributed by atoms with Crippen LogP contribution in [0.2, 0.25) is 0 Å². The molecule has 0 radical (unpaired) electrons. The maximum absolute atomic E-state index is 10.7. The Morgan fingerprint density at radius 3 is 1.78 bits per heavy atom. The Morgan fingerprint density at radius 2 is 1.03 bits per heavy atom. The van der Waals surface area contributed by atoms with Gasteiger partial charge >= 0.3 is 0 Å². The molecule has 0 saturated carbocycles. The van der Waals surface area contributed by atoms with E-state index in [9.17, 15) is 5.26 Å². The predicted octanol–water partition coefficient (Wildman–Crippen LogP) is 15.8. The van der Waals surface area contributed by atoms with Crippen LogP contribution in [0.25, 0.3) is 105 Å². The number of nitriles is 1. The lowest BCUT2D eigenvalue weighted by molar-refractivity contribution is 0.661. The predicted molar refractivity (Wildman–Crippen MR) is 266 cm³/mol. The fraction of sp³-hybridized carbons (Fsp3) is 0.0492. The molecule has 9 aromatic carbocycles. The Bertz CT molecular complexity index is 3640. The molecule has 1 aliphatic rings. The van der Waals surface area contributed by atoms with Crippen LogP contribution in [0, 0.1) is 11.3 Å². The number of pyridine rings is 1. The van der Waals surface area contributed by atoms with Crippen LogP contribution in [-0.4, -0.2) is 9.55 Å². The molecular formula is C61H41N3. The van der Waals surface area contributed by atoms with Crippen molar-refractivity contribution in [1.82, 2.24) is 9.55 Å². The maximum Gasteiger partial charge on any atom is 0.0998 e. The summed E-state index contributed by atoms with van der Waals surface area (Å²) in [6.45, 7) is 4.70. The topological polar surface area (TPSA) is 41.6 Å². The van der Waals surface area contributed by atoms with Gasteiger partial charge in [0.15, 0.2) is 0 Å². The summed E-state index contributed by atoms with van der Waals surface area (Å²) in [5, 5.41) is 15.5. The van der Waals surface area contributed by atoms with E-state index < -0.39 is 0 Å². The molecule has 0 saturated heterocycles. The molecule has 12 rings (SSSR count). The third-order valence-corrected chi connectivity index (χ3v) is 13.4. The molecule has 1 aliphatic carbocycles. The molecule has 0 fully saturated rings. The van der Waals surface area contributed by atoms with Crippen LogP contribution in [0.1, 0.15) is 30.5 Å². The third kappa shape index (κ3) is 6.07. The van der Waals surface area contributed by atoms with Gasteiger partial charge in [0, 0.05) is 33.0 Å². The van der Waals surface area contributed by atoms with E-state index in [4.69, 9.17) is 4.98 Å². The quantitative estimate of drug-likeness (QED) is 0.168. The minimum absolute atomic E-state index is 0.159. The van der Waals surface area contributed by atoms with E-state index in [0.29, 0.717) is 5.56 Å². The van der Waals surface area contributed by atoms with Crippen molar-refractivity contribution >= 4 is 32.6 Å². The first kappa shape index (κ1) is 37.4. The number of hydrogen-bond acceptors (Lipinski definition) is 2. The summed E-state index contributed by atoms with van der Waals surface area (Å²) < 4.78 is 2.45. The minimum Gasteiger partial charge on any atom is -0.309 e. The molecule has 11 aromatic rings. The van der Waals surface area contributed by atoms with Gasteiger partial charge in [-0.15, -0.1) is 0 Å². The molecule has 3 nitrogen and oxygen atoms in total. The Morgan fingerprint density at radius 1 is 0.406 bits per heavy atom. The Labute approximate surface area is 372 Å². The van der Waals surface area contributed by atoms with Crippen molar-refractivity contribution in [2.24, 2.45) is 0 Å². The van der Waals surface area contributed by atoms with E-state index in [1.807, 2.05) is 12.1 Å². The van der Waals surface area contributed by atoms with E-state index >= 15 is 0 Å². The molecule has 2 heterocycles. The van der Waals surface area contributed by atoms with Crippen LogP contribution < -0.4 is 0 Å². The second kappa shape index (κ2) is 14.7. The monoisotopic (exact) mass is 815 g/mol. The van der Waals surface area contributed by atoms with Crippen molar-refractivity contribution in [3.05, 3.63) is 229 Å². The van der Waals surface area contributed by atoms with Gasteiger partial charge in [0.1, 0.15) is 0 Å². The fourth-order valence-electron chi connectivity index (χ4n) is 10.2. The van der Waals surface area contributed by atoms with Crippen molar-refractivity contribution in [2.75, 3.05) is 0 Å². The first-order chi connectivity index (χ1) is 31.4. The number of fused-ring (bicyclic) bond motifs is 7. The van der Waals surface area contributed by atoms with Gasteiger partial charge in [-0.05, 0) is 127 Å². The Balaban J connectivity index is 1.11. The van der Waals surface area contributed by atoms with Gasteiger partial charge in [0.25, 0.3) is 0 Å². The van der Waals surface area contributed by atoms with Crippen LogP contribution in [0.3, 0.4) is 0 Å². The lowest BCUT2D eigenvalue weighted by Gasteiger charge is -2.22. The normalized spacial score (nSPS) is 12.6. The van der Waals surface area contributed by atoms with Crippen molar-refractivity contribution in [3.63, 3.8) is 0 Å². The fourth-order valence-corrected chi connectivity index (χ4v) is 10.2. The second-order valence-electron chi connectivity index (χ2n) is 17.5. The first-order valence-electron chi connectivity index (χ1n) is 21.9. The largest absolute Gasteiger partial charge is 0.309 e. The zero-order valence-electron chi connectivity index (χ0n) is 35.5. The first-order valence-corrected chi connectivity index (χ1v) is 21.9. The van der Waals surface area contributed by atoms with Gasteiger partial charge in [-0.2, -0.15) is 5.26 Å². The van der Waals surface area contributed by atoms with E-state index in [1.54, 1.807) is 0 Å². The third-order valence-electron chi connectivity index (χ3n) is 13.4. The summed E-state index contributed by atoms with van der Waals surface area (Å²) in [6.07, 6.45) is 0. The molecule has 300 valence electrons. The van der Waals surface area contributed by atoms with Crippen molar-refractivity contribution in [2.45, 2.75) is 19.3 Å². The number of aromatic nitrogens is 2. The summed E-state index contributed by atoms with van der Waals surface area (Å²) in [5.74, 6) is 0. The number of nitrogens with zero attached hydrogens (tertiary/aromatic N) is 3. The van der Waals surface area contributed by atoms with Gasteiger partial charge in [-0.3, -0.25) is 0 Å². The van der Waals surface area contributed by atoms with Gasteiger partial charge in [0.05, 0.1) is 34.1 Å². The van der Waals surface area contributed by atoms with Crippen LogP contribution in [0.15, 0.2) is 212 Å². The second-order valence-corrected chi connectivity index (χ2v) is 17.5. The highest BCUT2D eigenvalue weighted by Crippen LogP contribution is 2.51. The molecule has 0 bridgehead atoms. The van der Waals surface area contributed by atoms with Crippen LogP contribution in [-0.2, 0) is 5.41 Å². The average molecular weight is 816 g/mol. The molecule has 0 N–H and O–H groups in total. The smallest absolute Gasteiger partial charge is 0.0998 e. The van der Waals surface area contributed by atoms with E-state index in [2.05, 4.69) is 225 Å². The number of rotatable bonds is 6. The Kier molecular flexibility index (Phi) is 8.58. The average Bonchev–Trinajstić information content (AvgIpc) is 3.80. The van der Waals surface area contributed by atoms with Crippen molar-refractivity contribution in [1.29, 1.82) is 5.26 Å². The lowest BCUT2D eigenvalue weighted by atomic mass is 9.82. The number of hydrogen-bond donors (Lipinski definition) is 0. The van der Waals surface area contributed by atoms with Crippen molar-refractivity contribution < 1.29 is 0 Å². The highest BCUT2D eigenvalue weighted by Gasteiger charge is 2.36. The number of para-hydroxylation sites is 1. The summed E-state index contributed by atoms with van der Waals surface area (Å²) in [6, 6.07) is 78.4. The van der Waals surface area contributed by atoms with E-state index in [0.717, 1.165) is 78.0 Å². The van der Waals surface area contributed by atoms with Gasteiger partial charge in [-0.25, -0.2) is 4.98 Å². The van der Waals surface area contributed by atoms with Crippen LogP contribution in [0.5, 0.6) is 0 Å². The van der Waals surface area contributed by atoms with Gasteiger partial charge < -0.3 is 4.57 Å². The van der Waals surface area contributed by atoms with Crippen LogP contribution >= 0.6 is 0 Å². The van der Waals surface area contributed by atoms with E-state index in [-0.39, 0.29) is 5.41 Å². The highest BCUT2D eigenvalue weighted by atomic mass is 15.0. The lowest BCUT2D eigenvalue weighted by Crippen LogP contribution is -2.15. The molecule has 0 aliphatic heterocycles. The Hall–Kier alpha value is -8.32. The highest BCUT2D eigenvalue weighted by molar-refractivity contribution is 6.12. The summed E-state index contributed by atoms with van der Waals surface area (Å²) in [5.41, 5.74) is 19.1. The molecule has 0 unspecified atom stereocenters. The van der Waals surface area contributed by atoms with Gasteiger partial charge in [-0.1, -0.05) is 166 Å². The summed E-state index contributed by atoms with van der Waals surface area (Å²) in [4.78, 5) is 5.24. The number of benzene rings is 9.